The van der Waals surface area contributed by atoms with Gasteiger partial charge >= 0.3 is 0 Å². The fourth-order valence-electron chi connectivity index (χ4n) is 2.34. The molecule has 1 aliphatic rings. The fraction of sp³-hybridized carbons (Fsp3) is 0.571. The largest absolute Gasteiger partial charge is 0.508 e. The molecule has 1 atom stereocenters. The number of aromatic hydroxyl groups is 2. The summed E-state index contributed by atoms with van der Waals surface area (Å²) in [6.45, 7) is 5.34. The average Bonchev–Trinajstić information content (AvgIpc) is 2.22. The highest BCUT2D eigenvalue weighted by Crippen LogP contribution is 2.40. The summed E-state index contributed by atoms with van der Waals surface area (Å²) < 4.78 is 0. The molecule has 3 nitrogen and oxygen atoms in total. The Kier molecular flexibility index (Phi) is 3.29. The van der Waals surface area contributed by atoms with E-state index in [1.807, 2.05) is 0 Å². The van der Waals surface area contributed by atoms with E-state index in [0.29, 0.717) is 5.41 Å². The summed E-state index contributed by atoms with van der Waals surface area (Å²) in [7, 11) is 0. The third kappa shape index (κ3) is 2.91. The third-order valence-corrected chi connectivity index (χ3v) is 3.82. The van der Waals surface area contributed by atoms with Gasteiger partial charge < -0.3 is 15.5 Å². The maximum atomic E-state index is 9.44. The van der Waals surface area contributed by atoms with E-state index in [9.17, 15) is 10.2 Å². The van der Waals surface area contributed by atoms with Gasteiger partial charge in [-0.3, -0.25) is 0 Å². The van der Waals surface area contributed by atoms with E-state index < -0.39 is 0 Å². The molecular formula is C14H21NO2. The molecule has 0 heterocycles. The van der Waals surface area contributed by atoms with E-state index in [4.69, 9.17) is 0 Å². The second-order valence-electron chi connectivity index (χ2n) is 5.55. The molecule has 0 saturated heterocycles. The standard InChI is InChI=1S/C14H21NO2/c1-10(15-9-14(2)4-3-5-14)11-6-12(16)8-13(17)7-11/h6-8,10,15-17H,3-5,9H2,1-2H3. The molecular weight excluding hydrogens is 214 g/mol. The second-order valence-corrected chi connectivity index (χ2v) is 5.55. The van der Waals surface area contributed by atoms with E-state index >= 15 is 0 Å². The summed E-state index contributed by atoms with van der Waals surface area (Å²) in [4.78, 5) is 0. The Hall–Kier alpha value is -1.22. The topological polar surface area (TPSA) is 52.5 Å². The fourth-order valence-corrected chi connectivity index (χ4v) is 2.34. The van der Waals surface area contributed by atoms with Crippen LogP contribution in [0.3, 0.4) is 0 Å². The van der Waals surface area contributed by atoms with Gasteiger partial charge in [-0.05, 0) is 42.9 Å². The molecule has 3 heteroatoms. The van der Waals surface area contributed by atoms with Crippen LogP contribution in [-0.4, -0.2) is 16.8 Å². The van der Waals surface area contributed by atoms with E-state index in [1.54, 1.807) is 12.1 Å². The summed E-state index contributed by atoms with van der Waals surface area (Å²) in [5.41, 5.74) is 1.36. The van der Waals surface area contributed by atoms with Crippen molar-refractivity contribution >= 4 is 0 Å². The lowest BCUT2D eigenvalue weighted by Crippen LogP contribution is -2.38. The van der Waals surface area contributed by atoms with E-state index in [0.717, 1.165) is 12.1 Å². The van der Waals surface area contributed by atoms with Crippen molar-refractivity contribution in [2.45, 2.75) is 39.2 Å². The number of hydrogen-bond acceptors (Lipinski definition) is 3. The molecule has 0 amide bonds. The number of phenols is 2. The van der Waals surface area contributed by atoms with Crippen LogP contribution >= 0.6 is 0 Å². The highest BCUT2D eigenvalue weighted by molar-refractivity contribution is 5.37. The second kappa shape index (κ2) is 4.57. The molecule has 2 rings (SSSR count). The summed E-state index contributed by atoms with van der Waals surface area (Å²) in [5, 5.41) is 22.4. The Morgan fingerprint density at radius 2 is 1.82 bits per heavy atom. The van der Waals surface area contributed by atoms with E-state index in [1.165, 1.54) is 25.3 Å². The number of rotatable bonds is 4. The molecule has 1 aromatic carbocycles. The number of benzene rings is 1. The number of phenolic OH excluding ortho intramolecular Hbond substituents is 2. The summed E-state index contributed by atoms with van der Waals surface area (Å²) in [6, 6.07) is 4.88. The van der Waals surface area contributed by atoms with Gasteiger partial charge in [0, 0.05) is 18.7 Å². The van der Waals surface area contributed by atoms with Crippen molar-refractivity contribution in [3.8, 4) is 11.5 Å². The Morgan fingerprint density at radius 1 is 1.24 bits per heavy atom. The average molecular weight is 235 g/mol. The first-order valence-corrected chi connectivity index (χ1v) is 6.25. The maximum Gasteiger partial charge on any atom is 0.119 e. The molecule has 0 aromatic heterocycles. The van der Waals surface area contributed by atoms with Crippen molar-refractivity contribution in [2.75, 3.05) is 6.54 Å². The molecule has 1 unspecified atom stereocenters. The van der Waals surface area contributed by atoms with Crippen molar-refractivity contribution in [3.05, 3.63) is 23.8 Å². The first kappa shape index (κ1) is 12.2. The van der Waals surface area contributed by atoms with Gasteiger partial charge in [-0.25, -0.2) is 0 Å². The minimum absolute atomic E-state index is 0.114. The molecule has 0 spiro atoms. The lowest BCUT2D eigenvalue weighted by atomic mass is 9.70. The normalized spacial score (nSPS) is 19.6. The highest BCUT2D eigenvalue weighted by Gasteiger charge is 2.31. The van der Waals surface area contributed by atoms with Crippen LogP contribution in [0.1, 0.15) is 44.7 Å². The molecule has 0 bridgehead atoms. The van der Waals surface area contributed by atoms with Crippen molar-refractivity contribution in [3.63, 3.8) is 0 Å². The van der Waals surface area contributed by atoms with Crippen LogP contribution in [0.15, 0.2) is 18.2 Å². The minimum atomic E-state index is 0.114. The van der Waals surface area contributed by atoms with Crippen molar-refractivity contribution < 1.29 is 10.2 Å². The molecule has 3 N–H and O–H groups in total. The summed E-state index contributed by atoms with van der Waals surface area (Å²) in [6.07, 6.45) is 3.91. The van der Waals surface area contributed by atoms with Gasteiger partial charge in [0.25, 0.3) is 0 Å². The van der Waals surface area contributed by atoms with Crippen molar-refractivity contribution in [1.82, 2.24) is 5.32 Å². The molecule has 1 aromatic rings. The maximum absolute atomic E-state index is 9.44. The zero-order valence-electron chi connectivity index (χ0n) is 10.5. The summed E-state index contributed by atoms with van der Waals surface area (Å²) >= 11 is 0. The molecule has 1 aliphatic carbocycles. The molecule has 0 aliphatic heterocycles. The third-order valence-electron chi connectivity index (χ3n) is 3.82. The molecule has 1 saturated carbocycles. The number of hydrogen-bond donors (Lipinski definition) is 3. The van der Waals surface area contributed by atoms with Crippen LogP contribution in [-0.2, 0) is 0 Å². The van der Waals surface area contributed by atoms with E-state index in [2.05, 4.69) is 19.2 Å². The van der Waals surface area contributed by atoms with Gasteiger partial charge in [0.1, 0.15) is 11.5 Å². The van der Waals surface area contributed by atoms with Crippen LogP contribution in [0.2, 0.25) is 0 Å². The van der Waals surface area contributed by atoms with Crippen LogP contribution in [0, 0.1) is 5.41 Å². The van der Waals surface area contributed by atoms with Crippen LogP contribution in [0.4, 0.5) is 0 Å². The Labute approximate surface area is 102 Å². The first-order chi connectivity index (χ1) is 7.98. The van der Waals surface area contributed by atoms with Gasteiger partial charge in [-0.1, -0.05) is 13.3 Å². The Bertz CT molecular complexity index is 379. The lowest BCUT2D eigenvalue weighted by molar-refractivity contribution is 0.152. The van der Waals surface area contributed by atoms with Gasteiger partial charge in [0.05, 0.1) is 0 Å². The SMILES string of the molecule is CC(NCC1(C)CCC1)c1cc(O)cc(O)c1. The lowest BCUT2D eigenvalue weighted by Gasteiger charge is -2.39. The van der Waals surface area contributed by atoms with Crippen LogP contribution in [0.5, 0.6) is 11.5 Å². The van der Waals surface area contributed by atoms with Gasteiger partial charge in [0.15, 0.2) is 0 Å². The quantitative estimate of drug-likeness (QED) is 0.752. The molecule has 17 heavy (non-hydrogen) atoms. The van der Waals surface area contributed by atoms with Gasteiger partial charge in [-0.15, -0.1) is 0 Å². The minimum Gasteiger partial charge on any atom is -0.508 e. The first-order valence-electron chi connectivity index (χ1n) is 6.25. The van der Waals surface area contributed by atoms with E-state index in [-0.39, 0.29) is 17.5 Å². The Morgan fingerprint density at radius 3 is 2.29 bits per heavy atom. The highest BCUT2D eigenvalue weighted by atomic mass is 16.3. The van der Waals surface area contributed by atoms with Gasteiger partial charge in [0.2, 0.25) is 0 Å². The number of nitrogens with one attached hydrogen (secondary N) is 1. The predicted molar refractivity (Wildman–Crippen MR) is 68.1 cm³/mol. The monoisotopic (exact) mass is 235 g/mol. The zero-order valence-corrected chi connectivity index (χ0v) is 10.5. The van der Waals surface area contributed by atoms with Crippen molar-refractivity contribution in [1.29, 1.82) is 0 Å². The predicted octanol–water partition coefficient (Wildman–Crippen LogP) is 2.94. The molecule has 94 valence electrons. The summed E-state index contributed by atoms with van der Waals surface area (Å²) in [5.74, 6) is 0.229. The van der Waals surface area contributed by atoms with Crippen molar-refractivity contribution in [2.24, 2.45) is 5.41 Å². The van der Waals surface area contributed by atoms with Crippen LogP contribution in [0.25, 0.3) is 0 Å². The Balaban J connectivity index is 1.96. The molecule has 1 fully saturated rings. The van der Waals surface area contributed by atoms with Crippen LogP contribution < -0.4 is 5.32 Å². The molecule has 0 radical (unpaired) electrons. The smallest absolute Gasteiger partial charge is 0.119 e. The van der Waals surface area contributed by atoms with Gasteiger partial charge in [-0.2, -0.15) is 0 Å². The zero-order chi connectivity index (χ0) is 12.5.